The Morgan fingerprint density at radius 1 is 1.10 bits per heavy atom. The summed E-state index contributed by atoms with van der Waals surface area (Å²) >= 11 is 7.66. The van der Waals surface area contributed by atoms with Crippen LogP contribution >= 0.6 is 23.4 Å². The zero-order chi connectivity index (χ0) is 21.4. The number of nitrogens with zero attached hydrogens (tertiary/aromatic N) is 1. The second kappa shape index (κ2) is 11.3. The van der Waals surface area contributed by atoms with E-state index in [-0.39, 0.29) is 11.8 Å². The number of thioether (sulfide) groups is 1. The van der Waals surface area contributed by atoms with Gasteiger partial charge in [-0.3, -0.25) is 9.59 Å². The third-order valence-electron chi connectivity index (χ3n) is 4.54. The number of hydrogen-bond donors (Lipinski definition) is 1. The molecule has 0 aliphatic heterocycles. The lowest BCUT2D eigenvalue weighted by atomic mass is 10.1. The topological polar surface area (TPSA) is 49.4 Å². The number of carbonyl (C=O) groups excluding carboxylic acids is 2. The van der Waals surface area contributed by atoms with Crippen molar-refractivity contribution in [2.24, 2.45) is 0 Å². The Morgan fingerprint density at radius 2 is 1.79 bits per heavy atom. The Morgan fingerprint density at radius 3 is 2.41 bits per heavy atom. The van der Waals surface area contributed by atoms with E-state index in [9.17, 15) is 9.59 Å². The summed E-state index contributed by atoms with van der Waals surface area (Å²) < 4.78 is 0. The van der Waals surface area contributed by atoms with Gasteiger partial charge in [-0.05, 0) is 51.0 Å². The first kappa shape index (κ1) is 23.3. The standard InChI is InChI=1S/C23H29ClN2O2S/c1-5-25-23(28)18(4)26(13-19-7-6-8-21(24)12-19)22(27)15-29-14-20-10-16(2)9-17(3)11-20/h6-12,18H,5,13-15H2,1-4H3,(H,25,28). The first-order valence-electron chi connectivity index (χ1n) is 9.76. The summed E-state index contributed by atoms with van der Waals surface area (Å²) in [6, 6.07) is 13.3. The van der Waals surface area contributed by atoms with Crippen molar-refractivity contribution >= 4 is 35.2 Å². The van der Waals surface area contributed by atoms with Crippen LogP contribution in [-0.4, -0.2) is 35.1 Å². The second-order valence-corrected chi connectivity index (χ2v) is 8.63. The molecule has 0 heterocycles. The van der Waals surface area contributed by atoms with E-state index >= 15 is 0 Å². The van der Waals surface area contributed by atoms with Crippen LogP contribution < -0.4 is 5.32 Å². The van der Waals surface area contributed by atoms with Crippen molar-refractivity contribution in [2.75, 3.05) is 12.3 Å². The average Bonchev–Trinajstić information content (AvgIpc) is 2.65. The van der Waals surface area contributed by atoms with Gasteiger partial charge in [-0.1, -0.05) is 53.1 Å². The summed E-state index contributed by atoms with van der Waals surface area (Å²) in [6.07, 6.45) is 0. The van der Waals surface area contributed by atoms with Crippen molar-refractivity contribution in [3.63, 3.8) is 0 Å². The highest BCUT2D eigenvalue weighted by molar-refractivity contribution is 7.99. The third-order valence-corrected chi connectivity index (χ3v) is 5.76. The van der Waals surface area contributed by atoms with Gasteiger partial charge in [0.25, 0.3) is 0 Å². The third kappa shape index (κ3) is 7.41. The summed E-state index contributed by atoms with van der Waals surface area (Å²) in [5.74, 6) is 0.867. The van der Waals surface area contributed by atoms with Crippen molar-refractivity contribution in [3.05, 3.63) is 69.7 Å². The lowest BCUT2D eigenvalue weighted by molar-refractivity contribution is -0.138. The molecule has 0 aliphatic rings. The zero-order valence-corrected chi connectivity index (χ0v) is 19.1. The number of benzene rings is 2. The molecule has 0 saturated carbocycles. The quantitative estimate of drug-likeness (QED) is 0.622. The number of rotatable bonds is 9. The first-order valence-corrected chi connectivity index (χ1v) is 11.3. The van der Waals surface area contributed by atoms with Gasteiger partial charge in [-0.2, -0.15) is 0 Å². The number of hydrogen-bond acceptors (Lipinski definition) is 3. The van der Waals surface area contributed by atoms with Gasteiger partial charge in [0, 0.05) is 23.9 Å². The van der Waals surface area contributed by atoms with Gasteiger partial charge in [0.15, 0.2) is 0 Å². The minimum absolute atomic E-state index is 0.0573. The summed E-state index contributed by atoms with van der Waals surface area (Å²) in [5, 5.41) is 3.42. The van der Waals surface area contributed by atoms with Crippen LogP contribution in [0.4, 0.5) is 0 Å². The molecule has 0 spiro atoms. The predicted octanol–water partition coefficient (Wildman–Crippen LogP) is 4.74. The largest absolute Gasteiger partial charge is 0.355 e. The van der Waals surface area contributed by atoms with Gasteiger partial charge < -0.3 is 10.2 Å². The molecule has 2 rings (SSSR count). The Hall–Kier alpha value is -1.98. The van der Waals surface area contributed by atoms with Gasteiger partial charge in [0.05, 0.1) is 5.75 Å². The molecule has 0 bridgehead atoms. The molecule has 6 heteroatoms. The van der Waals surface area contributed by atoms with E-state index in [0.717, 1.165) is 11.3 Å². The van der Waals surface area contributed by atoms with Gasteiger partial charge >= 0.3 is 0 Å². The smallest absolute Gasteiger partial charge is 0.242 e. The molecule has 2 aromatic carbocycles. The highest BCUT2D eigenvalue weighted by Crippen LogP contribution is 2.19. The van der Waals surface area contributed by atoms with E-state index in [1.54, 1.807) is 29.7 Å². The number of nitrogens with one attached hydrogen (secondary N) is 1. The molecule has 29 heavy (non-hydrogen) atoms. The predicted molar refractivity (Wildman–Crippen MR) is 122 cm³/mol. The molecular weight excluding hydrogens is 404 g/mol. The summed E-state index contributed by atoms with van der Waals surface area (Å²) in [4.78, 5) is 27.0. The van der Waals surface area contributed by atoms with E-state index in [2.05, 4.69) is 37.4 Å². The fourth-order valence-electron chi connectivity index (χ4n) is 3.23. The van der Waals surface area contributed by atoms with Crippen LogP contribution in [0.1, 0.15) is 36.1 Å². The number of halogens is 1. The van der Waals surface area contributed by atoms with E-state index in [1.165, 1.54) is 16.7 Å². The molecule has 0 radical (unpaired) electrons. The molecule has 4 nitrogen and oxygen atoms in total. The van der Waals surface area contributed by atoms with Crippen LogP contribution in [0.15, 0.2) is 42.5 Å². The lowest BCUT2D eigenvalue weighted by Gasteiger charge is -2.28. The van der Waals surface area contributed by atoms with Crippen molar-refractivity contribution < 1.29 is 9.59 Å². The van der Waals surface area contributed by atoms with Gasteiger partial charge in [-0.25, -0.2) is 0 Å². The Labute approximate surface area is 183 Å². The monoisotopic (exact) mass is 432 g/mol. The van der Waals surface area contributed by atoms with Crippen molar-refractivity contribution in [2.45, 2.75) is 46.0 Å². The molecule has 0 saturated heterocycles. The maximum absolute atomic E-state index is 13.0. The minimum atomic E-state index is -0.553. The van der Waals surface area contributed by atoms with Gasteiger partial charge in [0.2, 0.25) is 11.8 Å². The maximum Gasteiger partial charge on any atom is 0.242 e. The molecule has 156 valence electrons. The van der Waals surface area contributed by atoms with E-state index < -0.39 is 6.04 Å². The molecule has 0 aliphatic carbocycles. The number of likely N-dealkylation sites (N-methyl/N-ethyl adjacent to an activating group) is 1. The summed E-state index contributed by atoms with van der Waals surface area (Å²) in [6.45, 7) is 8.67. The fourth-order valence-corrected chi connectivity index (χ4v) is 4.29. The van der Waals surface area contributed by atoms with E-state index in [4.69, 9.17) is 11.6 Å². The fraction of sp³-hybridized carbons (Fsp3) is 0.391. The summed E-state index contributed by atoms with van der Waals surface area (Å²) in [7, 11) is 0. The average molecular weight is 433 g/mol. The SMILES string of the molecule is CCNC(=O)C(C)N(Cc1cccc(Cl)c1)C(=O)CSCc1cc(C)cc(C)c1. The first-order chi connectivity index (χ1) is 13.8. The maximum atomic E-state index is 13.0. The molecule has 0 aromatic heterocycles. The molecule has 1 unspecified atom stereocenters. The minimum Gasteiger partial charge on any atom is -0.355 e. The molecule has 2 amide bonds. The molecule has 0 fully saturated rings. The van der Waals surface area contributed by atoms with Crippen molar-refractivity contribution in [1.82, 2.24) is 10.2 Å². The number of aryl methyl sites for hydroxylation is 2. The Kier molecular flexibility index (Phi) is 9.05. The van der Waals surface area contributed by atoms with Crippen LogP contribution in [0.25, 0.3) is 0 Å². The van der Waals surface area contributed by atoms with Crippen LogP contribution in [0, 0.1) is 13.8 Å². The van der Waals surface area contributed by atoms with Gasteiger partial charge in [-0.15, -0.1) is 11.8 Å². The molecular formula is C23H29ClN2O2S. The van der Waals surface area contributed by atoms with Gasteiger partial charge in [0.1, 0.15) is 6.04 Å². The van der Waals surface area contributed by atoms with Crippen LogP contribution in [0.3, 0.4) is 0 Å². The van der Waals surface area contributed by atoms with Crippen LogP contribution in [0.2, 0.25) is 5.02 Å². The lowest BCUT2D eigenvalue weighted by Crippen LogP contribution is -2.48. The normalized spacial score (nSPS) is 11.8. The molecule has 2 aromatic rings. The number of carbonyl (C=O) groups is 2. The van der Waals surface area contributed by atoms with Crippen LogP contribution in [0.5, 0.6) is 0 Å². The Balaban J connectivity index is 2.07. The Bertz CT molecular complexity index is 836. The van der Waals surface area contributed by atoms with Crippen molar-refractivity contribution in [1.29, 1.82) is 0 Å². The van der Waals surface area contributed by atoms with E-state index in [1.807, 2.05) is 25.1 Å². The molecule has 1 N–H and O–H groups in total. The molecule has 1 atom stereocenters. The van der Waals surface area contributed by atoms with E-state index in [0.29, 0.717) is 23.9 Å². The van der Waals surface area contributed by atoms with Crippen molar-refractivity contribution in [3.8, 4) is 0 Å². The second-order valence-electron chi connectivity index (χ2n) is 7.21. The zero-order valence-electron chi connectivity index (χ0n) is 17.5. The number of amides is 2. The van der Waals surface area contributed by atoms with Crippen LogP contribution in [-0.2, 0) is 21.9 Å². The highest BCUT2D eigenvalue weighted by atomic mass is 35.5. The highest BCUT2D eigenvalue weighted by Gasteiger charge is 2.25. The summed E-state index contributed by atoms with van der Waals surface area (Å²) in [5.41, 5.74) is 4.55.